The quantitative estimate of drug-likeness (QED) is 0.873. The molecule has 1 aliphatic heterocycles. The van der Waals surface area contributed by atoms with E-state index in [0.717, 1.165) is 25.1 Å². The highest BCUT2D eigenvalue weighted by Gasteiger charge is 2.26. The van der Waals surface area contributed by atoms with E-state index in [2.05, 4.69) is 0 Å². The molecule has 1 aromatic carbocycles. The van der Waals surface area contributed by atoms with Gasteiger partial charge in [0.2, 0.25) is 5.91 Å². The summed E-state index contributed by atoms with van der Waals surface area (Å²) in [7, 11) is 0. The Hall–Kier alpha value is -1.62. The van der Waals surface area contributed by atoms with Gasteiger partial charge in [0.25, 0.3) is 0 Å². The zero-order valence-electron chi connectivity index (χ0n) is 11.0. The second-order valence-corrected chi connectivity index (χ2v) is 5.07. The lowest BCUT2D eigenvalue weighted by atomic mass is 9.95. The number of aliphatic hydroxyl groups excluding tert-OH is 1. The molecule has 1 heterocycles. The summed E-state index contributed by atoms with van der Waals surface area (Å²) >= 11 is 0. The Labute approximate surface area is 112 Å². The summed E-state index contributed by atoms with van der Waals surface area (Å²) in [5.41, 5.74) is 6.68. The lowest BCUT2D eigenvalue weighted by Gasteiger charge is -2.34. The maximum Gasteiger partial charge on any atom is 0.222 e. The Balaban J connectivity index is 2.28. The smallest absolute Gasteiger partial charge is 0.222 e. The number of anilines is 1. The second-order valence-electron chi connectivity index (χ2n) is 5.07. The van der Waals surface area contributed by atoms with Crippen molar-refractivity contribution in [1.82, 2.24) is 0 Å². The molecule has 0 aliphatic carbocycles. The molecule has 1 saturated heterocycles. The number of hydrogen-bond donors (Lipinski definition) is 2. The Morgan fingerprint density at radius 2 is 2.32 bits per heavy atom. The van der Waals surface area contributed by atoms with E-state index < -0.39 is 6.10 Å². The van der Waals surface area contributed by atoms with Crippen molar-refractivity contribution in [2.24, 2.45) is 11.7 Å². The number of nitrogens with zero attached hydrogens (tertiary/aromatic N) is 1. The molecule has 5 heteroatoms. The normalized spacial score (nSPS) is 21.2. The molecule has 1 aliphatic rings. The first-order valence-electron chi connectivity index (χ1n) is 6.51. The van der Waals surface area contributed by atoms with Gasteiger partial charge < -0.3 is 15.7 Å². The number of piperidine rings is 1. The highest BCUT2D eigenvalue weighted by Crippen LogP contribution is 2.30. The van der Waals surface area contributed by atoms with Gasteiger partial charge in [0.15, 0.2) is 0 Å². The minimum Gasteiger partial charge on any atom is -0.389 e. The number of carbonyl (C=O) groups excluding carboxylic acids is 1. The van der Waals surface area contributed by atoms with E-state index >= 15 is 0 Å². The van der Waals surface area contributed by atoms with Crippen LogP contribution in [0.3, 0.4) is 0 Å². The zero-order chi connectivity index (χ0) is 14.0. The summed E-state index contributed by atoms with van der Waals surface area (Å²) in [6.07, 6.45) is 0.904. The number of primary amides is 1. The number of nitrogens with two attached hydrogens (primary N) is 1. The van der Waals surface area contributed by atoms with Crippen molar-refractivity contribution in [3.8, 4) is 0 Å². The van der Waals surface area contributed by atoms with Crippen LogP contribution in [-0.4, -0.2) is 24.1 Å². The number of benzene rings is 1. The van der Waals surface area contributed by atoms with E-state index in [1.807, 2.05) is 4.90 Å². The lowest BCUT2D eigenvalue weighted by Crippen LogP contribution is -2.41. The van der Waals surface area contributed by atoms with Gasteiger partial charge in [-0.25, -0.2) is 4.39 Å². The molecule has 1 fully saturated rings. The highest BCUT2D eigenvalue weighted by atomic mass is 19.1. The fraction of sp³-hybridized carbons (Fsp3) is 0.500. The van der Waals surface area contributed by atoms with Gasteiger partial charge in [-0.05, 0) is 38.0 Å². The predicted octanol–water partition coefficient (Wildman–Crippen LogP) is 1.58. The van der Waals surface area contributed by atoms with Crippen LogP contribution in [0, 0.1) is 11.7 Å². The maximum absolute atomic E-state index is 13.3. The molecule has 104 valence electrons. The molecule has 4 nitrogen and oxygen atoms in total. The summed E-state index contributed by atoms with van der Waals surface area (Å²) in [5.74, 6) is -0.853. The molecule has 19 heavy (non-hydrogen) atoms. The van der Waals surface area contributed by atoms with Crippen molar-refractivity contribution in [2.45, 2.75) is 25.9 Å². The first-order chi connectivity index (χ1) is 8.99. The van der Waals surface area contributed by atoms with Crippen molar-refractivity contribution in [3.63, 3.8) is 0 Å². The van der Waals surface area contributed by atoms with Gasteiger partial charge in [-0.2, -0.15) is 0 Å². The molecule has 1 amide bonds. The maximum atomic E-state index is 13.3. The Bertz CT molecular complexity index is 477. The van der Waals surface area contributed by atoms with Gasteiger partial charge in [0.1, 0.15) is 5.82 Å². The van der Waals surface area contributed by atoms with Crippen LogP contribution in [0.1, 0.15) is 31.4 Å². The molecular formula is C14H19FN2O2. The molecule has 1 unspecified atom stereocenters. The van der Waals surface area contributed by atoms with Crippen molar-refractivity contribution < 1.29 is 14.3 Å². The Morgan fingerprint density at radius 1 is 1.58 bits per heavy atom. The van der Waals surface area contributed by atoms with Crippen LogP contribution in [0.2, 0.25) is 0 Å². The van der Waals surface area contributed by atoms with Gasteiger partial charge in [-0.1, -0.05) is 0 Å². The van der Waals surface area contributed by atoms with E-state index in [0.29, 0.717) is 12.1 Å². The van der Waals surface area contributed by atoms with E-state index in [9.17, 15) is 14.3 Å². The largest absolute Gasteiger partial charge is 0.389 e. The fourth-order valence-corrected chi connectivity index (χ4v) is 2.58. The van der Waals surface area contributed by atoms with Crippen LogP contribution in [0.5, 0.6) is 0 Å². The van der Waals surface area contributed by atoms with Crippen molar-refractivity contribution in [1.29, 1.82) is 0 Å². The van der Waals surface area contributed by atoms with Crippen molar-refractivity contribution in [3.05, 3.63) is 29.6 Å². The number of aliphatic hydroxyl groups is 1. The van der Waals surface area contributed by atoms with E-state index in [1.54, 1.807) is 13.0 Å². The van der Waals surface area contributed by atoms with Crippen molar-refractivity contribution >= 4 is 11.6 Å². The third-order valence-electron chi connectivity index (χ3n) is 3.60. The van der Waals surface area contributed by atoms with Gasteiger partial charge in [-0.15, -0.1) is 0 Å². The van der Waals surface area contributed by atoms with Crippen LogP contribution in [0.15, 0.2) is 18.2 Å². The number of carbonyl (C=O) groups is 1. The Kier molecular flexibility index (Phi) is 4.04. The molecule has 0 aromatic heterocycles. The van der Waals surface area contributed by atoms with Crippen LogP contribution >= 0.6 is 0 Å². The SMILES string of the molecule is C[C@@H](O)c1cc(F)ccc1N1CCCC(C(N)=O)C1. The van der Waals surface area contributed by atoms with Crippen LogP contribution < -0.4 is 10.6 Å². The standard InChI is InChI=1S/C14H19FN2O2/c1-9(18)12-7-11(15)4-5-13(12)17-6-2-3-10(8-17)14(16)19/h4-5,7,9-10,18H,2-3,6,8H2,1H3,(H2,16,19)/t9-,10?/m1/s1. The minimum absolute atomic E-state index is 0.180. The number of halogens is 1. The summed E-state index contributed by atoms with van der Waals surface area (Å²) in [5, 5.41) is 9.75. The molecular weight excluding hydrogens is 247 g/mol. The molecule has 0 saturated carbocycles. The summed E-state index contributed by atoms with van der Waals surface area (Å²) in [6, 6.07) is 4.36. The van der Waals surface area contributed by atoms with Gasteiger partial charge in [0, 0.05) is 24.3 Å². The topological polar surface area (TPSA) is 66.6 Å². The van der Waals surface area contributed by atoms with E-state index in [4.69, 9.17) is 5.73 Å². The molecule has 2 atom stereocenters. The second kappa shape index (κ2) is 5.57. The molecule has 2 rings (SSSR count). The first kappa shape index (κ1) is 13.8. The van der Waals surface area contributed by atoms with E-state index in [1.165, 1.54) is 12.1 Å². The monoisotopic (exact) mass is 266 g/mol. The van der Waals surface area contributed by atoms with Crippen LogP contribution in [0.4, 0.5) is 10.1 Å². The molecule has 3 N–H and O–H groups in total. The fourth-order valence-electron chi connectivity index (χ4n) is 2.58. The molecule has 1 aromatic rings. The Morgan fingerprint density at radius 3 is 2.95 bits per heavy atom. The van der Waals surface area contributed by atoms with Crippen molar-refractivity contribution in [2.75, 3.05) is 18.0 Å². The van der Waals surface area contributed by atoms with Crippen LogP contribution in [-0.2, 0) is 4.79 Å². The third kappa shape index (κ3) is 3.04. The first-order valence-corrected chi connectivity index (χ1v) is 6.51. The third-order valence-corrected chi connectivity index (χ3v) is 3.60. The highest BCUT2D eigenvalue weighted by molar-refractivity contribution is 5.77. The molecule has 0 spiro atoms. The average molecular weight is 266 g/mol. The summed E-state index contributed by atoms with van der Waals surface area (Å²) < 4.78 is 13.3. The van der Waals surface area contributed by atoms with Gasteiger partial charge in [-0.3, -0.25) is 4.79 Å². The van der Waals surface area contributed by atoms with E-state index in [-0.39, 0.29) is 17.6 Å². The summed E-state index contributed by atoms with van der Waals surface area (Å²) in [6.45, 7) is 2.92. The predicted molar refractivity (Wildman–Crippen MR) is 71.2 cm³/mol. The summed E-state index contributed by atoms with van der Waals surface area (Å²) in [4.78, 5) is 13.3. The average Bonchev–Trinajstić information content (AvgIpc) is 2.38. The lowest BCUT2D eigenvalue weighted by molar-refractivity contribution is -0.122. The number of hydrogen-bond acceptors (Lipinski definition) is 3. The number of rotatable bonds is 3. The van der Waals surface area contributed by atoms with Gasteiger partial charge in [0.05, 0.1) is 12.0 Å². The van der Waals surface area contributed by atoms with Crippen LogP contribution in [0.25, 0.3) is 0 Å². The number of amides is 1. The molecule has 0 bridgehead atoms. The minimum atomic E-state index is -0.750. The van der Waals surface area contributed by atoms with Gasteiger partial charge >= 0.3 is 0 Å². The molecule has 0 radical (unpaired) electrons. The zero-order valence-corrected chi connectivity index (χ0v) is 11.0.